The van der Waals surface area contributed by atoms with Crippen molar-refractivity contribution in [3.8, 4) is 0 Å². The number of hydrogen-bond donors (Lipinski definition) is 2. The van der Waals surface area contributed by atoms with Crippen LogP contribution in [0.3, 0.4) is 0 Å². The molecular formula is C12H15F2NO2. The molecule has 0 bridgehead atoms. The molecule has 0 amide bonds. The predicted molar refractivity (Wildman–Crippen MR) is 58.5 cm³/mol. The van der Waals surface area contributed by atoms with Crippen molar-refractivity contribution in [3.63, 3.8) is 0 Å². The molecule has 2 N–H and O–H groups in total. The van der Waals surface area contributed by atoms with Gasteiger partial charge in [-0.25, -0.2) is 8.78 Å². The molecule has 0 saturated carbocycles. The quantitative estimate of drug-likeness (QED) is 0.839. The molecule has 1 saturated heterocycles. The van der Waals surface area contributed by atoms with Gasteiger partial charge in [0.25, 0.3) is 0 Å². The third-order valence-corrected chi connectivity index (χ3v) is 2.85. The zero-order valence-electron chi connectivity index (χ0n) is 9.33. The van der Waals surface area contributed by atoms with Gasteiger partial charge in [0.1, 0.15) is 11.6 Å². The highest BCUT2D eigenvalue weighted by atomic mass is 19.1. The van der Waals surface area contributed by atoms with E-state index >= 15 is 0 Å². The molecule has 0 radical (unpaired) electrons. The van der Waals surface area contributed by atoms with E-state index in [1.54, 1.807) is 0 Å². The second-order valence-electron chi connectivity index (χ2n) is 4.15. The molecule has 2 atom stereocenters. The molecular weight excluding hydrogens is 228 g/mol. The van der Waals surface area contributed by atoms with Crippen molar-refractivity contribution in [1.82, 2.24) is 5.32 Å². The Morgan fingerprint density at radius 3 is 2.94 bits per heavy atom. The van der Waals surface area contributed by atoms with Crippen molar-refractivity contribution in [2.45, 2.75) is 18.6 Å². The van der Waals surface area contributed by atoms with Crippen LogP contribution in [-0.2, 0) is 4.74 Å². The van der Waals surface area contributed by atoms with Gasteiger partial charge in [0.2, 0.25) is 0 Å². The van der Waals surface area contributed by atoms with Crippen LogP contribution in [0.15, 0.2) is 18.2 Å². The van der Waals surface area contributed by atoms with Crippen LogP contribution in [0.25, 0.3) is 0 Å². The minimum absolute atomic E-state index is 0.109. The Morgan fingerprint density at radius 2 is 2.29 bits per heavy atom. The minimum Gasteiger partial charge on any atom is -0.387 e. The Labute approximate surface area is 98.4 Å². The molecule has 1 aromatic rings. The van der Waals surface area contributed by atoms with Crippen LogP contribution >= 0.6 is 0 Å². The Hall–Kier alpha value is -1.04. The van der Waals surface area contributed by atoms with Gasteiger partial charge >= 0.3 is 0 Å². The van der Waals surface area contributed by atoms with E-state index in [9.17, 15) is 13.9 Å². The maximum Gasteiger partial charge on any atom is 0.131 e. The molecule has 3 nitrogen and oxygen atoms in total. The topological polar surface area (TPSA) is 41.5 Å². The molecule has 94 valence electrons. The highest BCUT2D eigenvalue weighted by Gasteiger charge is 2.18. The van der Waals surface area contributed by atoms with Crippen molar-refractivity contribution >= 4 is 0 Å². The highest BCUT2D eigenvalue weighted by molar-refractivity contribution is 5.21. The van der Waals surface area contributed by atoms with Gasteiger partial charge in [-0.3, -0.25) is 0 Å². The standard InChI is InChI=1S/C12H15F2NO2/c13-8-1-2-10(11(14)5-8)12(16)6-15-9-3-4-17-7-9/h1-2,5,9,12,15-16H,3-4,6-7H2. The summed E-state index contributed by atoms with van der Waals surface area (Å²) in [4.78, 5) is 0. The maximum absolute atomic E-state index is 13.3. The van der Waals surface area contributed by atoms with Crippen LogP contribution < -0.4 is 5.32 Å². The van der Waals surface area contributed by atoms with Gasteiger partial charge in [0.05, 0.1) is 12.7 Å². The van der Waals surface area contributed by atoms with Gasteiger partial charge in [-0.1, -0.05) is 6.07 Å². The first kappa shape index (κ1) is 12.4. The van der Waals surface area contributed by atoms with Crippen LogP contribution in [0.1, 0.15) is 18.1 Å². The molecule has 1 heterocycles. The van der Waals surface area contributed by atoms with Gasteiger partial charge in [-0.15, -0.1) is 0 Å². The van der Waals surface area contributed by atoms with Gasteiger partial charge < -0.3 is 15.2 Å². The summed E-state index contributed by atoms with van der Waals surface area (Å²) in [5, 5.41) is 12.9. The van der Waals surface area contributed by atoms with Crippen LogP contribution in [0.2, 0.25) is 0 Å². The molecule has 0 aliphatic carbocycles. The first-order valence-electron chi connectivity index (χ1n) is 5.61. The summed E-state index contributed by atoms with van der Waals surface area (Å²) in [6.07, 6.45) is -0.0882. The van der Waals surface area contributed by atoms with Crippen molar-refractivity contribution in [2.24, 2.45) is 0 Å². The second-order valence-corrected chi connectivity index (χ2v) is 4.15. The number of hydrogen-bond acceptors (Lipinski definition) is 3. The van der Waals surface area contributed by atoms with E-state index in [1.165, 1.54) is 6.07 Å². The average Bonchev–Trinajstić information content (AvgIpc) is 2.78. The van der Waals surface area contributed by atoms with Crippen LogP contribution in [0, 0.1) is 11.6 Å². The second kappa shape index (κ2) is 5.53. The molecule has 2 rings (SSSR count). The smallest absolute Gasteiger partial charge is 0.131 e. The summed E-state index contributed by atoms with van der Waals surface area (Å²) in [5.74, 6) is -1.36. The highest BCUT2D eigenvalue weighted by Crippen LogP contribution is 2.18. The first-order chi connectivity index (χ1) is 8.16. The molecule has 1 aliphatic heterocycles. The summed E-state index contributed by atoms with van der Waals surface area (Å²) in [6, 6.07) is 3.38. The lowest BCUT2D eigenvalue weighted by atomic mass is 10.1. The molecule has 5 heteroatoms. The lowest BCUT2D eigenvalue weighted by Gasteiger charge is -2.16. The minimum atomic E-state index is -0.976. The molecule has 1 fully saturated rings. The lowest BCUT2D eigenvalue weighted by Crippen LogP contribution is -2.33. The molecule has 17 heavy (non-hydrogen) atoms. The van der Waals surface area contributed by atoms with Crippen molar-refractivity contribution in [3.05, 3.63) is 35.4 Å². The van der Waals surface area contributed by atoms with Crippen LogP contribution in [-0.4, -0.2) is 30.9 Å². The Kier molecular flexibility index (Phi) is 4.04. The molecule has 0 aromatic heterocycles. The van der Waals surface area contributed by atoms with Crippen molar-refractivity contribution in [2.75, 3.05) is 19.8 Å². The van der Waals surface area contributed by atoms with E-state index in [1.807, 2.05) is 0 Å². The van der Waals surface area contributed by atoms with Gasteiger partial charge in [-0.05, 0) is 12.5 Å². The van der Waals surface area contributed by atoms with E-state index < -0.39 is 17.7 Å². The third-order valence-electron chi connectivity index (χ3n) is 2.85. The van der Waals surface area contributed by atoms with Crippen LogP contribution in [0.4, 0.5) is 8.78 Å². The number of halogens is 2. The zero-order chi connectivity index (χ0) is 12.3. The first-order valence-corrected chi connectivity index (χ1v) is 5.61. The summed E-state index contributed by atoms with van der Waals surface area (Å²) in [7, 11) is 0. The summed E-state index contributed by atoms with van der Waals surface area (Å²) < 4.78 is 31.2. The number of benzene rings is 1. The summed E-state index contributed by atoms with van der Waals surface area (Å²) in [5.41, 5.74) is 0.109. The fourth-order valence-electron chi connectivity index (χ4n) is 1.86. The van der Waals surface area contributed by atoms with E-state index in [4.69, 9.17) is 4.74 Å². The Morgan fingerprint density at radius 1 is 1.47 bits per heavy atom. The van der Waals surface area contributed by atoms with E-state index in [-0.39, 0.29) is 18.2 Å². The average molecular weight is 243 g/mol. The monoisotopic (exact) mass is 243 g/mol. The van der Waals surface area contributed by atoms with Gasteiger partial charge in [0, 0.05) is 30.8 Å². The summed E-state index contributed by atoms with van der Waals surface area (Å²) >= 11 is 0. The predicted octanol–water partition coefficient (Wildman–Crippen LogP) is 1.38. The zero-order valence-corrected chi connectivity index (χ0v) is 9.33. The van der Waals surface area contributed by atoms with Gasteiger partial charge in [-0.2, -0.15) is 0 Å². The number of ether oxygens (including phenoxy) is 1. The lowest BCUT2D eigenvalue weighted by molar-refractivity contribution is 0.157. The fraction of sp³-hybridized carbons (Fsp3) is 0.500. The Balaban J connectivity index is 1.91. The van der Waals surface area contributed by atoms with Crippen LogP contribution in [0.5, 0.6) is 0 Å². The fourth-order valence-corrected chi connectivity index (χ4v) is 1.86. The number of rotatable bonds is 4. The largest absolute Gasteiger partial charge is 0.387 e. The number of nitrogens with one attached hydrogen (secondary N) is 1. The van der Waals surface area contributed by atoms with Gasteiger partial charge in [0.15, 0.2) is 0 Å². The van der Waals surface area contributed by atoms with E-state index in [0.29, 0.717) is 13.2 Å². The number of aliphatic hydroxyl groups is 1. The van der Waals surface area contributed by atoms with E-state index in [0.717, 1.165) is 18.6 Å². The molecule has 1 aliphatic rings. The van der Waals surface area contributed by atoms with Crippen molar-refractivity contribution < 1.29 is 18.6 Å². The number of aliphatic hydroxyl groups excluding tert-OH is 1. The molecule has 1 aromatic carbocycles. The normalized spacial score (nSPS) is 21.7. The van der Waals surface area contributed by atoms with E-state index in [2.05, 4.69) is 5.32 Å². The summed E-state index contributed by atoms with van der Waals surface area (Å²) in [6.45, 7) is 1.55. The third kappa shape index (κ3) is 3.21. The molecule has 0 spiro atoms. The SMILES string of the molecule is OC(CNC1CCOC1)c1ccc(F)cc1F. The maximum atomic E-state index is 13.3. The Bertz CT molecular complexity index is 381. The van der Waals surface area contributed by atoms with Crippen molar-refractivity contribution in [1.29, 1.82) is 0 Å². The molecule has 2 unspecified atom stereocenters.